The van der Waals surface area contributed by atoms with E-state index in [4.69, 9.17) is 0 Å². The summed E-state index contributed by atoms with van der Waals surface area (Å²) in [6.07, 6.45) is 3.99. The van der Waals surface area contributed by atoms with Gasteiger partial charge in [0, 0.05) is 38.0 Å². The Kier molecular flexibility index (Phi) is 7.09. The summed E-state index contributed by atoms with van der Waals surface area (Å²) in [6.45, 7) is 3.86. The van der Waals surface area contributed by atoms with Crippen LogP contribution in [-0.4, -0.2) is 42.8 Å². The highest BCUT2D eigenvalue weighted by atomic mass is 35.5. The lowest BCUT2D eigenvalue weighted by atomic mass is 9.78. The van der Waals surface area contributed by atoms with E-state index in [1.54, 1.807) is 0 Å². The molecule has 2 aliphatic rings. The highest BCUT2D eigenvalue weighted by Gasteiger charge is 2.37. The molecular weight excluding hydrogens is 384 g/mol. The Morgan fingerprint density at radius 2 is 1.52 bits per heavy atom. The van der Waals surface area contributed by atoms with Gasteiger partial charge in [-0.1, -0.05) is 54.6 Å². The van der Waals surface area contributed by atoms with Gasteiger partial charge in [0.05, 0.1) is 0 Å². The lowest BCUT2D eigenvalue weighted by Gasteiger charge is -2.38. The van der Waals surface area contributed by atoms with E-state index < -0.39 is 0 Å². The first-order valence-electron chi connectivity index (χ1n) is 10.3. The zero-order valence-electron chi connectivity index (χ0n) is 16.7. The van der Waals surface area contributed by atoms with Gasteiger partial charge in [0.1, 0.15) is 0 Å². The largest absolute Gasteiger partial charge is 0.343 e. The van der Waals surface area contributed by atoms with E-state index in [0.717, 1.165) is 50.1 Å². The number of carbonyl (C=O) groups is 2. The van der Waals surface area contributed by atoms with Crippen molar-refractivity contribution in [1.29, 1.82) is 0 Å². The Balaban J connectivity index is 0.00000240. The van der Waals surface area contributed by atoms with Crippen molar-refractivity contribution in [2.45, 2.75) is 32.1 Å². The molecule has 1 amide bonds. The molecule has 2 fully saturated rings. The molecule has 29 heavy (non-hydrogen) atoms. The second-order valence-electron chi connectivity index (χ2n) is 8.17. The maximum Gasteiger partial charge on any atom is 0.223 e. The van der Waals surface area contributed by atoms with Gasteiger partial charge in [-0.05, 0) is 42.3 Å². The molecule has 5 heteroatoms. The number of hydrogen-bond donors (Lipinski definition) is 1. The molecule has 154 valence electrons. The average molecular weight is 413 g/mol. The molecule has 2 saturated heterocycles. The molecule has 0 bridgehead atoms. The second kappa shape index (κ2) is 9.55. The number of rotatable bonds is 5. The summed E-state index contributed by atoms with van der Waals surface area (Å²) in [5, 5.41) is 3.45. The molecule has 2 aromatic rings. The van der Waals surface area contributed by atoms with Gasteiger partial charge in [-0.2, -0.15) is 0 Å². The Morgan fingerprint density at radius 3 is 2.14 bits per heavy atom. The number of likely N-dealkylation sites (tertiary alicyclic amines) is 1. The summed E-state index contributed by atoms with van der Waals surface area (Å²) in [5.41, 5.74) is 3.32. The van der Waals surface area contributed by atoms with Crippen molar-refractivity contribution in [2.75, 3.05) is 26.2 Å². The minimum absolute atomic E-state index is 0. The number of amides is 1. The number of halogens is 1. The van der Waals surface area contributed by atoms with Crippen LogP contribution in [0, 0.1) is 5.41 Å². The summed E-state index contributed by atoms with van der Waals surface area (Å²) in [7, 11) is 0. The molecule has 0 saturated carbocycles. The fourth-order valence-corrected chi connectivity index (χ4v) is 4.45. The Labute approximate surface area is 179 Å². The van der Waals surface area contributed by atoms with Crippen LogP contribution in [0.25, 0.3) is 11.1 Å². The van der Waals surface area contributed by atoms with Crippen LogP contribution in [0.4, 0.5) is 0 Å². The number of benzene rings is 2. The first kappa shape index (κ1) is 21.5. The van der Waals surface area contributed by atoms with Gasteiger partial charge in [-0.3, -0.25) is 9.59 Å². The van der Waals surface area contributed by atoms with Crippen molar-refractivity contribution in [3.8, 4) is 11.1 Å². The third kappa shape index (κ3) is 5.06. The van der Waals surface area contributed by atoms with Crippen molar-refractivity contribution in [1.82, 2.24) is 10.2 Å². The van der Waals surface area contributed by atoms with Crippen LogP contribution >= 0.6 is 12.4 Å². The topological polar surface area (TPSA) is 49.4 Å². The first-order chi connectivity index (χ1) is 13.7. The second-order valence-corrected chi connectivity index (χ2v) is 8.17. The molecule has 0 aromatic heterocycles. The van der Waals surface area contributed by atoms with Gasteiger partial charge < -0.3 is 10.2 Å². The van der Waals surface area contributed by atoms with Crippen LogP contribution in [0.5, 0.6) is 0 Å². The molecule has 0 radical (unpaired) electrons. The number of nitrogens with one attached hydrogen (secondary N) is 1. The number of Topliss-reactive ketones (excluding diaryl/α,β-unsaturated/α-hetero) is 1. The van der Waals surface area contributed by atoms with Gasteiger partial charge >= 0.3 is 0 Å². The Hall–Kier alpha value is -2.17. The molecule has 1 N–H and O–H groups in total. The minimum Gasteiger partial charge on any atom is -0.343 e. The number of piperidine rings is 1. The van der Waals surface area contributed by atoms with Gasteiger partial charge in [0.15, 0.2) is 5.78 Å². The smallest absolute Gasteiger partial charge is 0.223 e. The highest BCUT2D eigenvalue weighted by molar-refractivity contribution is 5.98. The lowest BCUT2D eigenvalue weighted by Crippen LogP contribution is -2.44. The predicted octanol–water partition coefficient (Wildman–Crippen LogP) is 4.34. The van der Waals surface area contributed by atoms with Crippen LogP contribution in [0.1, 0.15) is 42.5 Å². The van der Waals surface area contributed by atoms with Crippen molar-refractivity contribution in [2.24, 2.45) is 5.41 Å². The van der Waals surface area contributed by atoms with E-state index in [2.05, 4.69) is 17.4 Å². The molecule has 2 aromatic carbocycles. The molecule has 2 aliphatic heterocycles. The highest BCUT2D eigenvalue weighted by Crippen LogP contribution is 2.37. The minimum atomic E-state index is 0. The van der Waals surface area contributed by atoms with Gasteiger partial charge in [-0.25, -0.2) is 0 Å². The summed E-state index contributed by atoms with van der Waals surface area (Å²) in [6, 6.07) is 17.8. The summed E-state index contributed by atoms with van der Waals surface area (Å²) in [4.78, 5) is 27.0. The van der Waals surface area contributed by atoms with Crippen LogP contribution in [0.15, 0.2) is 54.6 Å². The van der Waals surface area contributed by atoms with E-state index in [9.17, 15) is 9.59 Å². The van der Waals surface area contributed by atoms with Gasteiger partial charge in [0.25, 0.3) is 0 Å². The van der Waals surface area contributed by atoms with Crippen LogP contribution in [0.3, 0.4) is 0 Å². The van der Waals surface area contributed by atoms with Crippen molar-refractivity contribution in [3.05, 3.63) is 60.2 Å². The van der Waals surface area contributed by atoms with E-state index in [1.807, 2.05) is 47.4 Å². The molecule has 2 heterocycles. The SMILES string of the molecule is Cl.O=C(CCC(=O)N1CCC2(CCNC2)CC1)c1ccc(-c2ccccc2)cc1. The molecule has 0 unspecified atom stereocenters. The predicted molar refractivity (Wildman–Crippen MR) is 118 cm³/mol. The molecule has 1 spiro atoms. The van der Waals surface area contributed by atoms with E-state index in [-0.39, 0.29) is 30.5 Å². The van der Waals surface area contributed by atoms with E-state index >= 15 is 0 Å². The number of ketones is 1. The van der Waals surface area contributed by atoms with Crippen molar-refractivity contribution >= 4 is 24.1 Å². The van der Waals surface area contributed by atoms with Crippen LogP contribution in [0.2, 0.25) is 0 Å². The molecule has 0 aliphatic carbocycles. The maximum absolute atomic E-state index is 12.5. The maximum atomic E-state index is 12.5. The fraction of sp³-hybridized carbons (Fsp3) is 0.417. The first-order valence-corrected chi connectivity index (χ1v) is 10.3. The monoisotopic (exact) mass is 412 g/mol. The van der Waals surface area contributed by atoms with E-state index in [1.165, 1.54) is 6.42 Å². The molecule has 0 atom stereocenters. The van der Waals surface area contributed by atoms with Crippen LogP contribution < -0.4 is 5.32 Å². The zero-order chi connectivity index (χ0) is 19.4. The van der Waals surface area contributed by atoms with Crippen molar-refractivity contribution < 1.29 is 9.59 Å². The average Bonchev–Trinajstić information content (AvgIpc) is 3.21. The van der Waals surface area contributed by atoms with Crippen LogP contribution in [-0.2, 0) is 4.79 Å². The molecule has 4 rings (SSSR count). The molecule has 4 nitrogen and oxygen atoms in total. The van der Waals surface area contributed by atoms with E-state index in [0.29, 0.717) is 17.4 Å². The number of hydrogen-bond acceptors (Lipinski definition) is 3. The zero-order valence-corrected chi connectivity index (χ0v) is 17.5. The third-order valence-electron chi connectivity index (χ3n) is 6.39. The quantitative estimate of drug-likeness (QED) is 0.743. The third-order valence-corrected chi connectivity index (χ3v) is 6.39. The Morgan fingerprint density at radius 1 is 0.862 bits per heavy atom. The Bertz CT molecular complexity index is 820. The summed E-state index contributed by atoms with van der Waals surface area (Å²) in [5.74, 6) is 0.163. The fourth-order valence-electron chi connectivity index (χ4n) is 4.45. The summed E-state index contributed by atoms with van der Waals surface area (Å²) < 4.78 is 0. The van der Waals surface area contributed by atoms with Gasteiger partial charge in [-0.15, -0.1) is 12.4 Å². The number of nitrogens with zero attached hydrogens (tertiary/aromatic N) is 1. The normalized spacial score (nSPS) is 17.7. The summed E-state index contributed by atoms with van der Waals surface area (Å²) >= 11 is 0. The standard InChI is InChI=1S/C24H28N2O2.ClH/c27-22(21-8-6-20(7-9-21)19-4-2-1-3-5-19)10-11-23(28)26-16-13-24(14-17-26)12-15-25-18-24;/h1-9,25H,10-18H2;1H. The van der Waals surface area contributed by atoms with Crippen molar-refractivity contribution in [3.63, 3.8) is 0 Å². The number of carbonyl (C=O) groups excluding carboxylic acids is 2. The molecular formula is C24H29ClN2O2. The van der Waals surface area contributed by atoms with Gasteiger partial charge in [0.2, 0.25) is 5.91 Å². The lowest BCUT2D eigenvalue weighted by molar-refractivity contribution is -0.133.